The molecule has 1 aliphatic rings. The highest BCUT2D eigenvalue weighted by molar-refractivity contribution is 5.78. The Balaban J connectivity index is 2.30. The summed E-state index contributed by atoms with van der Waals surface area (Å²) in [6.07, 6.45) is 47.0. The molecule has 0 aliphatic heterocycles. The van der Waals surface area contributed by atoms with E-state index in [1.54, 1.807) is 0 Å². The molecule has 0 radical (unpaired) electrons. The first-order valence-corrected chi connectivity index (χ1v) is 25.6. The lowest BCUT2D eigenvalue weighted by Crippen LogP contribution is -2.38. The first-order valence-electron chi connectivity index (χ1n) is 25.6. The molecule has 0 aromatic rings. The molecule has 1 fully saturated rings. The first-order chi connectivity index (χ1) is 27.5. The summed E-state index contributed by atoms with van der Waals surface area (Å²) in [5.74, 6) is 1.55. The maximum atomic E-state index is 13.1. The van der Waals surface area contributed by atoms with Crippen molar-refractivity contribution in [2.24, 2.45) is 11.8 Å². The van der Waals surface area contributed by atoms with Gasteiger partial charge in [0, 0.05) is 25.8 Å². The molecule has 0 aromatic carbocycles. The van der Waals surface area contributed by atoms with Gasteiger partial charge in [0.2, 0.25) is 0 Å². The van der Waals surface area contributed by atoms with E-state index in [1.807, 2.05) is 0 Å². The number of hydrogen-bond donors (Lipinski definition) is 1. The van der Waals surface area contributed by atoms with Crippen molar-refractivity contribution in [3.63, 3.8) is 0 Å². The van der Waals surface area contributed by atoms with Crippen molar-refractivity contribution in [1.29, 1.82) is 0 Å². The number of Topliss-reactive ketones (excluding diaryl/α,β-unsaturated/α-hetero) is 1. The Hall–Kier alpha value is -0.940. The molecular weight excluding hydrogens is 691 g/mol. The van der Waals surface area contributed by atoms with E-state index in [0.29, 0.717) is 30.6 Å². The van der Waals surface area contributed by atoms with Gasteiger partial charge in [0.15, 0.2) is 0 Å². The summed E-state index contributed by atoms with van der Waals surface area (Å²) < 4.78 is 5.53. The molecule has 1 rings (SSSR count). The summed E-state index contributed by atoms with van der Waals surface area (Å²) in [6.45, 7) is 10.3. The van der Waals surface area contributed by atoms with Gasteiger partial charge >= 0.3 is 5.97 Å². The highest BCUT2D eigenvalue weighted by Gasteiger charge is 2.23. The second-order valence-corrected chi connectivity index (χ2v) is 18.4. The fourth-order valence-electron chi connectivity index (χ4n) is 9.07. The summed E-state index contributed by atoms with van der Waals surface area (Å²) in [7, 11) is 0. The number of nitrogens with zero attached hydrogens (tertiary/aromatic N) is 1. The summed E-state index contributed by atoms with van der Waals surface area (Å²) >= 11 is 0. The first kappa shape index (κ1) is 53.1. The molecule has 1 aliphatic carbocycles. The van der Waals surface area contributed by atoms with Gasteiger partial charge in [-0.05, 0) is 69.9 Å². The number of unbranched alkanes of at least 4 members (excludes halogenated alkanes) is 24. The zero-order valence-electron chi connectivity index (χ0n) is 38.3. The van der Waals surface area contributed by atoms with Crippen molar-refractivity contribution in [3.8, 4) is 0 Å². The smallest absolute Gasteiger partial charge is 0.305 e. The van der Waals surface area contributed by atoms with Gasteiger partial charge in [-0.15, -0.1) is 0 Å². The lowest BCUT2D eigenvalue weighted by atomic mass is 9.85. The number of aliphatic hydroxyl groups is 1. The van der Waals surface area contributed by atoms with Crippen molar-refractivity contribution in [2.45, 2.75) is 277 Å². The molecule has 1 atom stereocenters. The van der Waals surface area contributed by atoms with E-state index < -0.39 is 0 Å². The number of aliphatic hydroxyl groups excluding tert-OH is 1. The Morgan fingerprint density at radius 2 is 0.964 bits per heavy atom. The van der Waals surface area contributed by atoms with Crippen molar-refractivity contribution >= 4 is 11.8 Å². The average Bonchev–Trinajstić information content (AvgIpc) is 3.20. The Bertz CT molecular complexity index is 826. The number of carbonyl (C=O) groups is 2. The van der Waals surface area contributed by atoms with Crippen LogP contribution in [0.15, 0.2) is 0 Å². The van der Waals surface area contributed by atoms with Crippen molar-refractivity contribution in [2.75, 3.05) is 26.2 Å². The molecule has 0 amide bonds. The van der Waals surface area contributed by atoms with Crippen LogP contribution >= 0.6 is 0 Å². The summed E-state index contributed by atoms with van der Waals surface area (Å²) in [6, 6.07) is 0. The zero-order chi connectivity index (χ0) is 40.6. The maximum Gasteiger partial charge on any atom is 0.305 e. The fraction of sp³-hybridized carbons (Fsp3) is 0.961. The lowest BCUT2D eigenvalue weighted by Gasteiger charge is -2.31. The Morgan fingerprint density at radius 3 is 1.50 bits per heavy atom. The summed E-state index contributed by atoms with van der Waals surface area (Å²) in [5.41, 5.74) is 0. The number of esters is 1. The molecule has 0 bridgehead atoms. The molecule has 5 nitrogen and oxygen atoms in total. The largest absolute Gasteiger partial charge is 0.466 e. The van der Waals surface area contributed by atoms with Crippen LogP contribution in [0.2, 0.25) is 0 Å². The molecule has 56 heavy (non-hydrogen) atoms. The molecule has 5 heteroatoms. The Labute approximate surface area is 350 Å². The van der Waals surface area contributed by atoms with E-state index in [1.165, 1.54) is 186 Å². The van der Waals surface area contributed by atoms with E-state index in [9.17, 15) is 14.7 Å². The van der Waals surface area contributed by atoms with E-state index in [2.05, 4.69) is 25.7 Å². The minimum atomic E-state index is -0.219. The van der Waals surface area contributed by atoms with Gasteiger partial charge < -0.3 is 14.7 Å². The van der Waals surface area contributed by atoms with Gasteiger partial charge in [-0.25, -0.2) is 0 Å². The molecule has 1 N–H and O–H groups in total. The SMILES string of the molecule is CCCCCCCCCCCOC(=O)CCCCCN(CCCCCCCC(=O)CC(CCCCCCCC)CCCCCCCC)CC(O)C1CCCCC1. The number of hydrogen-bond acceptors (Lipinski definition) is 5. The van der Waals surface area contributed by atoms with Crippen LogP contribution in [0.4, 0.5) is 0 Å². The highest BCUT2D eigenvalue weighted by atomic mass is 16.5. The number of carbonyl (C=O) groups excluding carboxylic acids is 2. The topological polar surface area (TPSA) is 66.8 Å². The van der Waals surface area contributed by atoms with Crippen LogP contribution in [-0.2, 0) is 14.3 Å². The minimum absolute atomic E-state index is 0.0306. The monoisotopic (exact) mass is 790 g/mol. The minimum Gasteiger partial charge on any atom is -0.466 e. The molecule has 1 unspecified atom stereocenters. The van der Waals surface area contributed by atoms with Gasteiger partial charge in [-0.3, -0.25) is 9.59 Å². The van der Waals surface area contributed by atoms with Gasteiger partial charge in [0.25, 0.3) is 0 Å². The standard InChI is InChI=1S/C51H99NO4/c1-4-7-10-13-16-17-18-24-35-44-56-51(55)41-32-26-34-43-52(46-50(54)48-38-29-25-30-39-48)42-33-23-19-22-31-40-49(53)45-47(36-27-20-14-11-8-5-2)37-28-21-15-12-9-6-3/h47-48,50,54H,4-46H2,1-3H3. The van der Waals surface area contributed by atoms with Crippen LogP contribution in [-0.4, -0.2) is 54.1 Å². The number of rotatable bonds is 43. The fourth-order valence-corrected chi connectivity index (χ4v) is 9.07. The maximum absolute atomic E-state index is 13.1. The van der Waals surface area contributed by atoms with Crippen LogP contribution in [0, 0.1) is 11.8 Å². The van der Waals surface area contributed by atoms with E-state index in [0.717, 1.165) is 77.4 Å². The predicted octanol–water partition coefficient (Wildman–Crippen LogP) is 15.3. The zero-order valence-corrected chi connectivity index (χ0v) is 38.3. The molecule has 0 saturated heterocycles. The Kier molecular flexibility index (Phi) is 38.7. The van der Waals surface area contributed by atoms with E-state index in [-0.39, 0.29) is 12.1 Å². The van der Waals surface area contributed by atoms with E-state index >= 15 is 0 Å². The van der Waals surface area contributed by atoms with Gasteiger partial charge in [0.05, 0.1) is 12.7 Å². The van der Waals surface area contributed by atoms with Crippen molar-refractivity contribution in [1.82, 2.24) is 4.90 Å². The highest BCUT2D eigenvalue weighted by Crippen LogP contribution is 2.27. The third kappa shape index (κ3) is 34.0. The van der Waals surface area contributed by atoms with Crippen molar-refractivity contribution < 1.29 is 19.4 Å². The van der Waals surface area contributed by atoms with Gasteiger partial charge in [-0.2, -0.15) is 0 Å². The molecule has 0 aromatic heterocycles. The quantitative estimate of drug-likeness (QED) is 0.0492. The molecular formula is C51H99NO4. The molecule has 0 heterocycles. The number of ether oxygens (including phenoxy) is 1. The average molecular weight is 790 g/mol. The van der Waals surface area contributed by atoms with Crippen LogP contribution in [0.1, 0.15) is 271 Å². The molecule has 0 spiro atoms. The second-order valence-electron chi connectivity index (χ2n) is 18.4. The van der Waals surface area contributed by atoms with Crippen LogP contribution < -0.4 is 0 Å². The van der Waals surface area contributed by atoms with Crippen LogP contribution in [0.5, 0.6) is 0 Å². The van der Waals surface area contributed by atoms with Crippen LogP contribution in [0.3, 0.4) is 0 Å². The van der Waals surface area contributed by atoms with E-state index in [4.69, 9.17) is 4.74 Å². The molecule has 332 valence electrons. The molecule has 1 saturated carbocycles. The van der Waals surface area contributed by atoms with Crippen LogP contribution in [0.25, 0.3) is 0 Å². The normalized spacial score (nSPS) is 14.2. The third-order valence-electron chi connectivity index (χ3n) is 12.9. The lowest BCUT2D eigenvalue weighted by molar-refractivity contribution is -0.143. The summed E-state index contributed by atoms with van der Waals surface area (Å²) in [4.78, 5) is 27.9. The van der Waals surface area contributed by atoms with Gasteiger partial charge in [0.1, 0.15) is 5.78 Å². The summed E-state index contributed by atoms with van der Waals surface area (Å²) in [5, 5.41) is 11.1. The predicted molar refractivity (Wildman–Crippen MR) is 242 cm³/mol. The van der Waals surface area contributed by atoms with Gasteiger partial charge in [-0.1, -0.05) is 207 Å². The number of ketones is 1. The van der Waals surface area contributed by atoms with Crippen molar-refractivity contribution in [3.05, 3.63) is 0 Å². The Morgan fingerprint density at radius 1 is 0.536 bits per heavy atom. The second kappa shape index (κ2) is 40.8. The third-order valence-corrected chi connectivity index (χ3v) is 12.9.